The molecule has 33 heavy (non-hydrogen) atoms. The Kier molecular flexibility index (Phi) is 7.31. The number of amides is 1. The molecular weight excluding hydrogens is 424 g/mol. The summed E-state index contributed by atoms with van der Waals surface area (Å²) < 4.78 is 17.4. The summed E-state index contributed by atoms with van der Waals surface area (Å²) in [5, 5.41) is 15.5. The Morgan fingerprint density at radius 1 is 1.21 bits per heavy atom. The highest BCUT2D eigenvalue weighted by Gasteiger charge is 2.17. The first-order chi connectivity index (χ1) is 15.8. The number of rotatable bonds is 8. The maximum absolute atomic E-state index is 12.4. The number of nitrogens with zero attached hydrogens (tertiary/aromatic N) is 3. The number of anilines is 1. The average molecular weight is 448 g/mol. The molecule has 9 nitrogen and oxygen atoms in total. The van der Waals surface area contributed by atoms with E-state index in [9.17, 15) is 14.9 Å². The van der Waals surface area contributed by atoms with Crippen LogP contribution in [-0.2, 0) is 14.3 Å². The minimum Gasteiger partial charge on any atom is -0.494 e. The molecule has 3 rings (SSSR count). The van der Waals surface area contributed by atoms with Crippen LogP contribution in [0, 0.1) is 32.1 Å². The van der Waals surface area contributed by atoms with Crippen LogP contribution in [0.4, 0.5) is 5.88 Å². The van der Waals surface area contributed by atoms with Crippen molar-refractivity contribution in [3.8, 4) is 17.5 Å². The van der Waals surface area contributed by atoms with E-state index in [-0.39, 0.29) is 11.5 Å². The Labute approximate surface area is 191 Å². The number of hydrogen-bond donors (Lipinski definition) is 1. The maximum Gasteiger partial charge on any atom is 0.349 e. The molecule has 0 aliphatic rings. The quantitative estimate of drug-likeness (QED) is 0.315. The summed E-state index contributed by atoms with van der Waals surface area (Å²) >= 11 is 0. The second kappa shape index (κ2) is 10.3. The van der Waals surface area contributed by atoms with E-state index in [0.717, 1.165) is 22.8 Å². The zero-order valence-corrected chi connectivity index (χ0v) is 18.8. The van der Waals surface area contributed by atoms with E-state index in [2.05, 4.69) is 10.5 Å². The summed E-state index contributed by atoms with van der Waals surface area (Å²) in [5.41, 5.74) is 3.76. The van der Waals surface area contributed by atoms with Crippen molar-refractivity contribution in [2.24, 2.45) is 0 Å². The normalized spacial score (nSPS) is 11.1. The third-order valence-corrected chi connectivity index (χ3v) is 4.74. The molecule has 3 aromatic rings. The molecule has 0 atom stereocenters. The predicted molar refractivity (Wildman–Crippen MR) is 121 cm³/mol. The molecular formula is C24H24N4O5. The average Bonchev–Trinajstić information content (AvgIpc) is 3.32. The summed E-state index contributed by atoms with van der Waals surface area (Å²) in [6.45, 7) is 7.47. The fraction of sp³-hybridized carbons (Fsp3) is 0.250. The lowest BCUT2D eigenvalue weighted by atomic mass is 10.1. The van der Waals surface area contributed by atoms with Gasteiger partial charge in [-0.05, 0) is 69.7 Å². The van der Waals surface area contributed by atoms with Crippen LogP contribution in [0.3, 0.4) is 0 Å². The van der Waals surface area contributed by atoms with Crippen LogP contribution in [0.5, 0.6) is 5.75 Å². The third-order valence-electron chi connectivity index (χ3n) is 4.74. The number of ether oxygens (including phenoxy) is 2. The van der Waals surface area contributed by atoms with E-state index in [0.29, 0.717) is 17.9 Å². The summed E-state index contributed by atoms with van der Waals surface area (Å²) in [5.74, 6) is -0.579. The Balaban J connectivity index is 1.72. The van der Waals surface area contributed by atoms with Gasteiger partial charge in [0.05, 0.1) is 12.3 Å². The highest BCUT2D eigenvalue weighted by Crippen LogP contribution is 2.24. The smallest absolute Gasteiger partial charge is 0.349 e. The highest BCUT2D eigenvalue weighted by atomic mass is 16.5. The van der Waals surface area contributed by atoms with Crippen molar-refractivity contribution in [1.82, 2.24) is 9.72 Å². The van der Waals surface area contributed by atoms with Gasteiger partial charge in [-0.1, -0.05) is 5.16 Å². The number of nitrogens with one attached hydrogen (secondary N) is 1. The van der Waals surface area contributed by atoms with Gasteiger partial charge < -0.3 is 18.6 Å². The van der Waals surface area contributed by atoms with Gasteiger partial charge in [0, 0.05) is 23.1 Å². The van der Waals surface area contributed by atoms with Crippen LogP contribution < -0.4 is 10.1 Å². The van der Waals surface area contributed by atoms with Crippen molar-refractivity contribution in [2.45, 2.75) is 27.7 Å². The number of benzene rings is 1. The van der Waals surface area contributed by atoms with Crippen molar-refractivity contribution in [3.63, 3.8) is 0 Å². The molecule has 170 valence electrons. The van der Waals surface area contributed by atoms with E-state index in [4.69, 9.17) is 14.0 Å². The number of esters is 1. The van der Waals surface area contributed by atoms with E-state index in [1.165, 1.54) is 12.1 Å². The van der Waals surface area contributed by atoms with Gasteiger partial charge in [0.25, 0.3) is 5.91 Å². The Hall–Kier alpha value is -4.32. The van der Waals surface area contributed by atoms with Gasteiger partial charge >= 0.3 is 5.97 Å². The minimum absolute atomic E-state index is 0.145. The van der Waals surface area contributed by atoms with Gasteiger partial charge in [0.2, 0.25) is 5.88 Å². The molecule has 0 aliphatic carbocycles. The van der Waals surface area contributed by atoms with Gasteiger partial charge in [-0.25, -0.2) is 4.79 Å². The van der Waals surface area contributed by atoms with Crippen LogP contribution in [0.25, 0.3) is 11.8 Å². The Morgan fingerprint density at radius 2 is 1.94 bits per heavy atom. The second-order valence-electron chi connectivity index (χ2n) is 7.22. The lowest BCUT2D eigenvalue weighted by molar-refractivity contribution is -0.142. The number of carbonyl (C=O) groups is 2. The van der Waals surface area contributed by atoms with Gasteiger partial charge in [-0.15, -0.1) is 0 Å². The molecule has 0 fully saturated rings. The van der Waals surface area contributed by atoms with Crippen LogP contribution in [0.1, 0.15) is 29.6 Å². The molecule has 2 aromatic heterocycles. The lowest BCUT2D eigenvalue weighted by Crippen LogP contribution is -2.21. The highest BCUT2D eigenvalue weighted by molar-refractivity contribution is 6.00. The second-order valence-corrected chi connectivity index (χ2v) is 7.22. The van der Waals surface area contributed by atoms with Crippen molar-refractivity contribution in [2.75, 3.05) is 18.5 Å². The number of carbonyl (C=O) groups excluding carboxylic acids is 2. The maximum atomic E-state index is 12.4. The first-order valence-corrected chi connectivity index (χ1v) is 10.3. The zero-order valence-electron chi connectivity index (χ0n) is 18.8. The first-order valence-electron chi connectivity index (χ1n) is 10.3. The molecule has 2 heterocycles. The molecule has 9 heteroatoms. The topological polar surface area (TPSA) is 119 Å². The number of aromatic nitrogens is 2. The molecule has 1 N–H and O–H groups in total. The molecule has 0 radical (unpaired) electrons. The van der Waals surface area contributed by atoms with Gasteiger partial charge in [0.1, 0.15) is 17.4 Å². The SMILES string of the molecule is CCOc1ccc(-n2c(C)cc(/C=C(\C#N)C(=O)OCC(=O)Nc3cc(C)no3)c2C)cc1. The summed E-state index contributed by atoms with van der Waals surface area (Å²) in [7, 11) is 0. The van der Waals surface area contributed by atoms with Crippen molar-refractivity contribution >= 4 is 23.8 Å². The Morgan fingerprint density at radius 3 is 2.55 bits per heavy atom. The zero-order chi connectivity index (χ0) is 24.0. The molecule has 0 unspecified atom stereocenters. The van der Waals surface area contributed by atoms with E-state index in [1.54, 1.807) is 6.92 Å². The van der Waals surface area contributed by atoms with Crippen LogP contribution in [-0.4, -0.2) is 34.8 Å². The van der Waals surface area contributed by atoms with Crippen molar-refractivity contribution in [1.29, 1.82) is 5.26 Å². The largest absolute Gasteiger partial charge is 0.494 e. The standard InChI is InChI=1S/C24H24N4O5/c1-5-31-21-8-6-20(7-9-21)28-16(3)11-18(17(28)4)12-19(13-25)24(30)32-14-22(29)26-23-10-15(2)27-33-23/h6-12H,5,14H2,1-4H3,(H,26,29)/b19-12+. The van der Waals surface area contributed by atoms with Crippen LogP contribution >= 0.6 is 0 Å². The summed E-state index contributed by atoms with van der Waals surface area (Å²) in [6.07, 6.45) is 1.45. The van der Waals surface area contributed by atoms with Crippen molar-refractivity contribution < 1.29 is 23.6 Å². The van der Waals surface area contributed by atoms with Gasteiger partial charge in [-0.2, -0.15) is 5.26 Å². The Bertz CT molecular complexity index is 1230. The fourth-order valence-electron chi connectivity index (χ4n) is 3.29. The molecule has 0 saturated heterocycles. The molecule has 1 aromatic carbocycles. The van der Waals surface area contributed by atoms with Crippen LogP contribution in [0.2, 0.25) is 0 Å². The first kappa shape index (κ1) is 23.3. The monoisotopic (exact) mass is 448 g/mol. The molecule has 0 saturated carbocycles. The van der Waals surface area contributed by atoms with Gasteiger partial charge in [0.15, 0.2) is 6.61 Å². The number of hydrogen-bond acceptors (Lipinski definition) is 7. The third kappa shape index (κ3) is 5.68. The van der Waals surface area contributed by atoms with Crippen molar-refractivity contribution in [3.05, 3.63) is 64.6 Å². The molecule has 0 spiro atoms. The molecule has 0 aliphatic heterocycles. The lowest BCUT2D eigenvalue weighted by Gasteiger charge is -2.11. The summed E-state index contributed by atoms with van der Waals surface area (Å²) in [4.78, 5) is 24.3. The summed E-state index contributed by atoms with van der Waals surface area (Å²) in [6, 6.07) is 12.9. The predicted octanol–water partition coefficient (Wildman–Crippen LogP) is 3.88. The van der Waals surface area contributed by atoms with Gasteiger partial charge in [-0.3, -0.25) is 10.1 Å². The number of aryl methyl sites for hydroxylation is 2. The minimum atomic E-state index is -0.896. The molecule has 1 amide bonds. The van der Waals surface area contributed by atoms with E-state index in [1.807, 2.05) is 61.7 Å². The van der Waals surface area contributed by atoms with E-state index < -0.39 is 18.5 Å². The van der Waals surface area contributed by atoms with Crippen LogP contribution in [0.15, 0.2) is 46.5 Å². The number of nitriles is 1. The molecule has 0 bridgehead atoms. The fourth-order valence-corrected chi connectivity index (χ4v) is 3.29. The van der Waals surface area contributed by atoms with E-state index >= 15 is 0 Å².